The van der Waals surface area contributed by atoms with Crippen molar-refractivity contribution in [2.45, 2.75) is 13.6 Å². The van der Waals surface area contributed by atoms with E-state index in [1.54, 1.807) is 6.92 Å². The van der Waals surface area contributed by atoms with Crippen LogP contribution >= 0.6 is 0 Å². The average molecular weight is 141 g/mol. The molecule has 0 aliphatic rings. The van der Waals surface area contributed by atoms with Gasteiger partial charge in [-0.25, -0.2) is 14.4 Å². The van der Waals surface area contributed by atoms with Gasteiger partial charge in [-0.3, -0.25) is 0 Å². The van der Waals surface area contributed by atoms with Crippen molar-refractivity contribution in [1.82, 2.24) is 9.97 Å². The van der Waals surface area contributed by atoms with Gasteiger partial charge in [-0.2, -0.15) is 0 Å². The molecule has 54 valence electrons. The third-order valence-electron chi connectivity index (χ3n) is 1.19. The van der Waals surface area contributed by atoms with E-state index in [0.717, 1.165) is 0 Å². The molecule has 0 saturated heterocycles. The van der Waals surface area contributed by atoms with Crippen LogP contribution in [0.1, 0.15) is 11.5 Å². The maximum Gasteiger partial charge on any atom is 0.159 e. The Morgan fingerprint density at radius 2 is 2.40 bits per heavy atom. The number of anilines is 1. The molecule has 0 bridgehead atoms. The number of aromatic nitrogens is 2. The molecule has 0 amide bonds. The summed E-state index contributed by atoms with van der Waals surface area (Å²) in [6.07, 6.45) is 1.41. The Labute approximate surface area is 58.1 Å². The fraction of sp³-hybridized carbons (Fsp3) is 0.333. The highest BCUT2D eigenvalue weighted by Crippen LogP contribution is 2.04. The molecule has 0 saturated carbocycles. The van der Waals surface area contributed by atoms with Gasteiger partial charge in [0, 0.05) is 0 Å². The second-order valence-electron chi connectivity index (χ2n) is 1.96. The van der Waals surface area contributed by atoms with Crippen molar-refractivity contribution in [2.75, 3.05) is 5.73 Å². The molecule has 10 heavy (non-hydrogen) atoms. The Morgan fingerprint density at radius 3 is 2.90 bits per heavy atom. The minimum absolute atomic E-state index is 0.187. The number of alkyl halides is 1. The van der Waals surface area contributed by atoms with Crippen LogP contribution < -0.4 is 5.73 Å². The molecule has 0 aromatic carbocycles. The molecule has 0 spiro atoms. The molecule has 0 aliphatic heterocycles. The van der Waals surface area contributed by atoms with Crippen LogP contribution in [0.2, 0.25) is 0 Å². The molecule has 1 heterocycles. The van der Waals surface area contributed by atoms with E-state index in [-0.39, 0.29) is 5.82 Å². The number of hydrogen-bond donors (Lipinski definition) is 1. The van der Waals surface area contributed by atoms with Crippen molar-refractivity contribution >= 4 is 5.69 Å². The number of rotatable bonds is 1. The average Bonchev–Trinajstić information content (AvgIpc) is 1.95. The lowest BCUT2D eigenvalue weighted by atomic mass is 10.4. The van der Waals surface area contributed by atoms with Crippen LogP contribution in [-0.2, 0) is 6.67 Å². The molecule has 1 aromatic heterocycles. The van der Waals surface area contributed by atoms with Gasteiger partial charge in [0.05, 0.1) is 17.6 Å². The molecule has 0 aliphatic carbocycles. The van der Waals surface area contributed by atoms with Gasteiger partial charge in [-0.05, 0) is 6.92 Å². The van der Waals surface area contributed by atoms with E-state index in [4.69, 9.17) is 5.73 Å². The standard InChI is InChI=1S/C6H8FN3/c1-4-5(8)3-9-6(2-7)10-4/h3H,2,8H2,1H3. The van der Waals surface area contributed by atoms with Crippen LogP contribution in [0.4, 0.5) is 10.1 Å². The Hall–Kier alpha value is -1.19. The Bertz CT molecular complexity index is 236. The molecule has 0 unspecified atom stereocenters. The highest BCUT2D eigenvalue weighted by atomic mass is 19.1. The molecule has 0 fully saturated rings. The molecular weight excluding hydrogens is 133 g/mol. The molecule has 0 atom stereocenters. The van der Waals surface area contributed by atoms with Crippen molar-refractivity contribution in [3.63, 3.8) is 0 Å². The summed E-state index contributed by atoms with van der Waals surface area (Å²) >= 11 is 0. The monoisotopic (exact) mass is 141 g/mol. The van der Waals surface area contributed by atoms with Crippen LogP contribution in [0.15, 0.2) is 6.20 Å². The van der Waals surface area contributed by atoms with Gasteiger partial charge in [0.15, 0.2) is 5.82 Å². The van der Waals surface area contributed by atoms with Crippen molar-refractivity contribution in [3.8, 4) is 0 Å². The predicted octanol–water partition coefficient (Wildman–Crippen LogP) is 0.837. The Balaban J connectivity index is 3.04. The van der Waals surface area contributed by atoms with Gasteiger partial charge in [0.1, 0.15) is 6.67 Å². The molecule has 2 N–H and O–H groups in total. The second kappa shape index (κ2) is 2.60. The summed E-state index contributed by atoms with van der Waals surface area (Å²) in [4.78, 5) is 7.43. The molecule has 1 rings (SSSR count). The fourth-order valence-electron chi connectivity index (χ4n) is 0.589. The predicted molar refractivity (Wildman–Crippen MR) is 36.0 cm³/mol. The maximum atomic E-state index is 11.9. The highest BCUT2D eigenvalue weighted by molar-refractivity contribution is 5.38. The van der Waals surface area contributed by atoms with Gasteiger partial charge < -0.3 is 5.73 Å². The van der Waals surface area contributed by atoms with E-state index >= 15 is 0 Å². The van der Waals surface area contributed by atoms with Gasteiger partial charge in [-0.1, -0.05) is 0 Å². The minimum Gasteiger partial charge on any atom is -0.396 e. The topological polar surface area (TPSA) is 51.8 Å². The fourth-order valence-corrected chi connectivity index (χ4v) is 0.589. The lowest BCUT2D eigenvalue weighted by Crippen LogP contribution is -1.98. The van der Waals surface area contributed by atoms with E-state index in [2.05, 4.69) is 9.97 Å². The first-order valence-corrected chi connectivity index (χ1v) is 2.88. The zero-order valence-corrected chi connectivity index (χ0v) is 5.63. The van der Waals surface area contributed by atoms with Gasteiger partial charge in [-0.15, -0.1) is 0 Å². The molecule has 1 aromatic rings. The lowest BCUT2D eigenvalue weighted by Gasteiger charge is -1.97. The number of hydrogen-bond acceptors (Lipinski definition) is 3. The van der Waals surface area contributed by atoms with Crippen LogP contribution in [-0.4, -0.2) is 9.97 Å². The van der Waals surface area contributed by atoms with Gasteiger partial charge in [0.25, 0.3) is 0 Å². The first kappa shape index (κ1) is 6.92. The summed E-state index contributed by atoms with van der Waals surface area (Å²) in [6.45, 7) is 1.08. The summed E-state index contributed by atoms with van der Waals surface area (Å²) in [5.41, 5.74) is 6.52. The third-order valence-corrected chi connectivity index (χ3v) is 1.19. The van der Waals surface area contributed by atoms with Crippen molar-refractivity contribution in [3.05, 3.63) is 17.7 Å². The molecule has 0 radical (unpaired) electrons. The highest BCUT2D eigenvalue weighted by Gasteiger charge is 1.97. The lowest BCUT2D eigenvalue weighted by molar-refractivity contribution is 0.464. The largest absolute Gasteiger partial charge is 0.396 e. The van der Waals surface area contributed by atoms with E-state index in [1.165, 1.54) is 6.20 Å². The summed E-state index contributed by atoms with van der Waals surface area (Å²) in [5, 5.41) is 0. The summed E-state index contributed by atoms with van der Waals surface area (Å²) in [5.74, 6) is 0.187. The van der Waals surface area contributed by atoms with Crippen molar-refractivity contribution < 1.29 is 4.39 Å². The zero-order chi connectivity index (χ0) is 7.56. The Kier molecular flexibility index (Phi) is 1.80. The Morgan fingerprint density at radius 1 is 1.70 bits per heavy atom. The first-order chi connectivity index (χ1) is 4.74. The SMILES string of the molecule is Cc1nc(CF)ncc1N. The summed E-state index contributed by atoms with van der Waals surface area (Å²) < 4.78 is 11.9. The van der Waals surface area contributed by atoms with E-state index in [0.29, 0.717) is 11.4 Å². The molecule has 3 nitrogen and oxygen atoms in total. The number of nitrogen functional groups attached to an aromatic ring is 1. The van der Waals surface area contributed by atoms with Crippen LogP contribution in [0.5, 0.6) is 0 Å². The van der Waals surface area contributed by atoms with Gasteiger partial charge >= 0.3 is 0 Å². The third kappa shape index (κ3) is 1.21. The van der Waals surface area contributed by atoms with E-state index in [1.807, 2.05) is 0 Å². The first-order valence-electron chi connectivity index (χ1n) is 2.88. The van der Waals surface area contributed by atoms with Crippen LogP contribution in [0.3, 0.4) is 0 Å². The quantitative estimate of drug-likeness (QED) is 0.630. The van der Waals surface area contributed by atoms with Gasteiger partial charge in [0.2, 0.25) is 0 Å². The molecule has 4 heteroatoms. The summed E-state index contributed by atoms with van der Waals surface area (Å²) in [7, 11) is 0. The minimum atomic E-state index is -0.638. The smallest absolute Gasteiger partial charge is 0.159 e. The van der Waals surface area contributed by atoms with Crippen LogP contribution in [0.25, 0.3) is 0 Å². The van der Waals surface area contributed by atoms with E-state index < -0.39 is 6.67 Å². The van der Waals surface area contributed by atoms with E-state index in [9.17, 15) is 4.39 Å². The number of nitrogens with zero attached hydrogens (tertiary/aromatic N) is 2. The normalized spacial score (nSPS) is 9.80. The summed E-state index contributed by atoms with van der Waals surface area (Å²) in [6, 6.07) is 0. The molecular formula is C6H8FN3. The number of halogens is 1. The number of aryl methyl sites for hydroxylation is 1. The zero-order valence-electron chi connectivity index (χ0n) is 5.63. The van der Waals surface area contributed by atoms with Crippen molar-refractivity contribution in [1.29, 1.82) is 0 Å². The second-order valence-corrected chi connectivity index (χ2v) is 1.96. The number of nitrogens with two attached hydrogens (primary N) is 1. The van der Waals surface area contributed by atoms with Crippen LogP contribution in [0, 0.1) is 6.92 Å². The maximum absolute atomic E-state index is 11.9. The van der Waals surface area contributed by atoms with Crippen molar-refractivity contribution in [2.24, 2.45) is 0 Å².